The van der Waals surface area contributed by atoms with Crippen LogP contribution in [0.15, 0.2) is 188 Å². The monoisotopic (exact) mass is 921 g/mol. The fourth-order valence-electron chi connectivity index (χ4n) is 12.3. The van der Waals surface area contributed by atoms with E-state index in [0.29, 0.717) is 39.9 Å². The summed E-state index contributed by atoms with van der Waals surface area (Å²) in [6.45, 7) is 17.6. The molecule has 12 aromatic rings. The molecule has 0 saturated carbocycles. The van der Waals surface area contributed by atoms with E-state index in [1.807, 2.05) is 66.7 Å². The second-order valence-electron chi connectivity index (χ2n) is 20.1. The molecule has 0 aliphatic heterocycles. The zero-order valence-corrected chi connectivity index (χ0v) is 40.0. The number of nitriles is 1. The van der Waals surface area contributed by atoms with Crippen LogP contribution >= 0.6 is 0 Å². The summed E-state index contributed by atoms with van der Waals surface area (Å²) >= 11 is 0. The van der Waals surface area contributed by atoms with Crippen LogP contribution in [0.4, 0.5) is 5.69 Å². The third-order valence-corrected chi connectivity index (χ3v) is 15.6. The van der Waals surface area contributed by atoms with Crippen LogP contribution in [-0.4, -0.2) is 24.1 Å². The molecule has 7 heteroatoms. The predicted octanol–water partition coefficient (Wildman–Crippen LogP) is 16.1. The van der Waals surface area contributed by atoms with Gasteiger partial charge in [0.15, 0.2) is 23.2 Å². The van der Waals surface area contributed by atoms with Gasteiger partial charge in [-0.3, -0.25) is 0 Å². The molecule has 0 bridgehead atoms. The molecule has 0 atom stereocenters. The Labute approximate surface area is 416 Å². The van der Waals surface area contributed by atoms with E-state index in [2.05, 4.69) is 169 Å². The average Bonchev–Trinajstić information content (AvgIpc) is 4.10. The lowest BCUT2D eigenvalue weighted by Gasteiger charge is -2.21. The molecule has 0 amide bonds. The highest BCUT2D eigenvalue weighted by Crippen LogP contribution is 2.55. The van der Waals surface area contributed by atoms with Gasteiger partial charge >= 0.3 is 0 Å². The Bertz CT molecular complexity index is 4160. The van der Waals surface area contributed by atoms with E-state index in [9.17, 15) is 5.26 Å². The minimum Gasteiger partial charge on any atom is -0.308 e. The molecule has 3 aromatic heterocycles. The van der Waals surface area contributed by atoms with E-state index < -0.39 is 0 Å². The predicted molar refractivity (Wildman–Crippen MR) is 291 cm³/mol. The van der Waals surface area contributed by atoms with Crippen LogP contribution in [0, 0.1) is 17.9 Å². The third-order valence-electron chi connectivity index (χ3n) is 15.6. The van der Waals surface area contributed by atoms with Gasteiger partial charge in [-0.05, 0) is 75.8 Å². The highest BCUT2D eigenvalue weighted by atomic mass is 15.1. The maximum atomic E-state index is 10.6. The van der Waals surface area contributed by atoms with Gasteiger partial charge in [0.05, 0.1) is 51.6 Å². The highest BCUT2D eigenvalue weighted by Gasteiger charge is 2.39. The molecule has 2 aliphatic rings. The van der Waals surface area contributed by atoms with E-state index in [1.165, 1.54) is 44.5 Å². The number of fused-ring (bicyclic) bond motifs is 14. The minimum absolute atomic E-state index is 0.225. The molecule has 0 unspecified atom stereocenters. The third kappa shape index (κ3) is 5.68. The first-order valence-electron chi connectivity index (χ1n) is 24.4. The molecular weight excluding hydrogens is 879 g/mol. The fraction of sp³-hybridized carbons (Fsp3) is 0.0923. The van der Waals surface area contributed by atoms with E-state index >= 15 is 0 Å². The van der Waals surface area contributed by atoms with Crippen molar-refractivity contribution in [1.82, 2.24) is 24.1 Å². The largest absolute Gasteiger partial charge is 0.308 e. The molecule has 72 heavy (non-hydrogen) atoms. The summed E-state index contributed by atoms with van der Waals surface area (Å²) < 4.78 is 4.71. The molecule has 0 N–H and O–H groups in total. The molecule has 9 aromatic carbocycles. The summed E-state index contributed by atoms with van der Waals surface area (Å²) in [4.78, 5) is 20.2. The van der Waals surface area contributed by atoms with Gasteiger partial charge in [-0.25, -0.2) is 19.8 Å². The van der Waals surface area contributed by atoms with Gasteiger partial charge in [0, 0.05) is 60.2 Å². The van der Waals surface area contributed by atoms with E-state index in [1.54, 1.807) is 0 Å². The SMILES string of the molecule is [C-]#[N+]c1ccc(-n2c3ccccc3c3ccc4c(c32)-c2ccccc2C4(C)C)c(-c2nc(-c3ccccc3)nc(-c3cc(C#N)ccc3-n3c4ccccc4c4ccc5c(c43)-c3ccccc3C5(C)C)n2)c1. The lowest BCUT2D eigenvalue weighted by molar-refractivity contribution is 0.660. The van der Waals surface area contributed by atoms with E-state index in [-0.39, 0.29) is 10.8 Å². The Kier molecular flexibility index (Phi) is 8.67. The number of hydrogen-bond acceptors (Lipinski definition) is 4. The summed E-state index contributed by atoms with van der Waals surface area (Å²) in [5.41, 5.74) is 18.5. The van der Waals surface area contributed by atoms with Crippen molar-refractivity contribution < 1.29 is 0 Å². The lowest BCUT2D eigenvalue weighted by atomic mass is 9.82. The number of hydrogen-bond donors (Lipinski definition) is 0. The van der Waals surface area contributed by atoms with E-state index in [0.717, 1.165) is 60.5 Å². The van der Waals surface area contributed by atoms with Crippen molar-refractivity contribution in [3.8, 4) is 73.9 Å². The van der Waals surface area contributed by atoms with Gasteiger partial charge in [-0.2, -0.15) is 5.26 Å². The molecule has 0 radical (unpaired) electrons. The Morgan fingerprint density at radius 3 is 1.46 bits per heavy atom. The van der Waals surface area contributed by atoms with E-state index in [4.69, 9.17) is 21.5 Å². The van der Waals surface area contributed by atoms with Gasteiger partial charge in [-0.15, -0.1) is 0 Å². The summed E-state index contributed by atoms with van der Waals surface area (Å²) in [5.74, 6) is 1.29. The Hall–Kier alpha value is -9.43. The Morgan fingerprint density at radius 2 is 0.917 bits per heavy atom. The van der Waals surface area contributed by atoms with Gasteiger partial charge in [0.25, 0.3) is 0 Å². The van der Waals surface area contributed by atoms with Crippen LogP contribution in [0.3, 0.4) is 0 Å². The number of para-hydroxylation sites is 2. The maximum Gasteiger partial charge on any atom is 0.188 e. The van der Waals surface area contributed by atoms with Gasteiger partial charge in [0.1, 0.15) is 0 Å². The zero-order chi connectivity index (χ0) is 48.6. The summed E-state index contributed by atoms with van der Waals surface area (Å²) in [6, 6.07) is 67.9. The molecule has 0 saturated heterocycles. The smallest absolute Gasteiger partial charge is 0.188 e. The zero-order valence-electron chi connectivity index (χ0n) is 40.0. The molecule has 0 spiro atoms. The highest BCUT2D eigenvalue weighted by molar-refractivity contribution is 6.17. The number of benzene rings is 9. The fourth-order valence-corrected chi connectivity index (χ4v) is 12.3. The van der Waals surface area contributed by atoms with Gasteiger partial charge < -0.3 is 9.13 Å². The maximum absolute atomic E-state index is 10.6. The van der Waals surface area contributed by atoms with Crippen molar-refractivity contribution in [3.05, 3.63) is 227 Å². The van der Waals surface area contributed by atoms with Gasteiger partial charge in [0.2, 0.25) is 0 Å². The van der Waals surface area contributed by atoms with Crippen LogP contribution in [0.2, 0.25) is 0 Å². The molecule has 3 heterocycles. The molecular formula is C65H43N7. The standard InChI is InChI=1S/C65H43N7/c1-64(2)49-23-13-9-21-45(49)57-51(64)31-29-43-41-19-11-15-25-53(41)71(59(43)57)55-33-27-38(37-66)35-47(55)62-68-61(39-17-7-6-8-18-39)69-63(70-62)48-36-40(67-5)28-34-56(48)72-54-26-16-12-20-42(54)44-30-32-52-58(60(44)72)46-22-10-14-24-50(46)65(52,3)4/h6-36H,1-4H3. The van der Waals surface area contributed by atoms with Crippen molar-refractivity contribution in [3.63, 3.8) is 0 Å². The molecule has 2 aliphatic carbocycles. The lowest BCUT2D eigenvalue weighted by Crippen LogP contribution is -2.14. The second kappa shape index (κ2) is 15.0. The quantitative estimate of drug-likeness (QED) is 0.161. The van der Waals surface area contributed by atoms with Crippen molar-refractivity contribution >= 4 is 49.3 Å². The Morgan fingerprint density at radius 1 is 0.444 bits per heavy atom. The number of aromatic nitrogens is 5. The number of rotatable bonds is 5. The normalized spacial score (nSPS) is 13.8. The van der Waals surface area contributed by atoms with Crippen LogP contribution in [0.1, 0.15) is 55.5 Å². The van der Waals surface area contributed by atoms with Crippen LogP contribution in [-0.2, 0) is 10.8 Å². The molecule has 338 valence electrons. The second-order valence-corrected chi connectivity index (χ2v) is 20.1. The van der Waals surface area contributed by atoms with Crippen LogP contribution in [0.5, 0.6) is 0 Å². The van der Waals surface area contributed by atoms with Crippen molar-refractivity contribution in [2.45, 2.75) is 38.5 Å². The first-order valence-corrected chi connectivity index (χ1v) is 24.4. The van der Waals surface area contributed by atoms with Crippen molar-refractivity contribution in [2.75, 3.05) is 0 Å². The summed E-state index contributed by atoms with van der Waals surface area (Å²) in [7, 11) is 0. The average molecular weight is 922 g/mol. The first kappa shape index (κ1) is 41.5. The Balaban J connectivity index is 1.08. The molecule has 14 rings (SSSR count). The van der Waals surface area contributed by atoms with Crippen molar-refractivity contribution in [2.24, 2.45) is 0 Å². The first-order chi connectivity index (χ1) is 35.1. The topological polar surface area (TPSA) is 76.7 Å². The van der Waals surface area contributed by atoms with Crippen LogP contribution in [0.25, 0.3) is 116 Å². The van der Waals surface area contributed by atoms with Crippen LogP contribution < -0.4 is 0 Å². The molecule has 7 nitrogen and oxygen atoms in total. The number of nitrogens with zero attached hydrogens (tertiary/aromatic N) is 7. The van der Waals surface area contributed by atoms with Crippen molar-refractivity contribution in [1.29, 1.82) is 5.26 Å². The van der Waals surface area contributed by atoms with Gasteiger partial charge in [-0.1, -0.05) is 173 Å². The summed E-state index contributed by atoms with van der Waals surface area (Å²) in [6.07, 6.45) is 0. The molecule has 0 fully saturated rings. The summed E-state index contributed by atoms with van der Waals surface area (Å²) in [5, 5.41) is 15.1. The minimum atomic E-state index is -0.226.